The summed E-state index contributed by atoms with van der Waals surface area (Å²) in [5, 5.41) is 13.5. The zero-order chi connectivity index (χ0) is 13.1. The lowest BCUT2D eigenvalue weighted by atomic mass is 10.3. The summed E-state index contributed by atoms with van der Waals surface area (Å²) in [5.41, 5.74) is -0.356. The maximum atomic E-state index is 13.6. The summed E-state index contributed by atoms with van der Waals surface area (Å²) < 4.78 is 40.7. The van der Waals surface area contributed by atoms with Gasteiger partial charge in [0.2, 0.25) is 0 Å². The van der Waals surface area contributed by atoms with Crippen LogP contribution in [0.25, 0.3) is 5.69 Å². The largest absolute Gasteiger partial charge is 0.310 e. The second-order valence-corrected chi connectivity index (χ2v) is 3.51. The van der Waals surface area contributed by atoms with E-state index in [9.17, 15) is 13.2 Å². The molecular weight excluding hydrogens is 247 g/mol. The van der Waals surface area contributed by atoms with Gasteiger partial charge in [-0.2, -0.15) is 4.68 Å². The second-order valence-electron chi connectivity index (χ2n) is 3.51. The molecule has 0 bridgehead atoms. The minimum absolute atomic E-state index is 0.265. The third kappa shape index (κ3) is 2.33. The van der Waals surface area contributed by atoms with Crippen LogP contribution in [0, 0.1) is 17.5 Å². The molecule has 8 heteroatoms. The van der Waals surface area contributed by atoms with Crippen LogP contribution in [-0.2, 0) is 6.54 Å². The Kier molecular flexibility index (Phi) is 3.56. The maximum absolute atomic E-state index is 13.6. The number of benzene rings is 1. The molecule has 0 amide bonds. The van der Waals surface area contributed by atoms with E-state index in [0.29, 0.717) is 12.6 Å². The lowest BCUT2D eigenvalue weighted by Gasteiger charge is -2.06. The smallest absolute Gasteiger partial charge is 0.184 e. The van der Waals surface area contributed by atoms with Crippen LogP contribution >= 0.6 is 0 Å². The van der Waals surface area contributed by atoms with E-state index in [-0.39, 0.29) is 18.1 Å². The molecule has 18 heavy (non-hydrogen) atoms. The first-order valence-corrected chi connectivity index (χ1v) is 5.26. The minimum Gasteiger partial charge on any atom is -0.310 e. The Bertz CT molecular complexity index is 554. The second kappa shape index (κ2) is 5.13. The summed E-state index contributed by atoms with van der Waals surface area (Å²) in [6, 6.07) is 1.30. The molecule has 0 unspecified atom stereocenters. The van der Waals surface area contributed by atoms with Gasteiger partial charge in [0.1, 0.15) is 11.5 Å². The fraction of sp³-hybridized carbons (Fsp3) is 0.300. The van der Waals surface area contributed by atoms with Crippen molar-refractivity contribution in [3.63, 3.8) is 0 Å². The Balaban J connectivity index is 2.45. The molecule has 1 N–H and O–H groups in total. The van der Waals surface area contributed by atoms with Crippen LogP contribution in [-0.4, -0.2) is 26.8 Å². The summed E-state index contributed by atoms with van der Waals surface area (Å²) in [4.78, 5) is 0. The molecule has 2 rings (SSSR count). The third-order valence-electron chi connectivity index (χ3n) is 2.27. The zero-order valence-electron chi connectivity index (χ0n) is 9.49. The van der Waals surface area contributed by atoms with Crippen molar-refractivity contribution >= 4 is 0 Å². The Morgan fingerprint density at radius 2 is 2.06 bits per heavy atom. The van der Waals surface area contributed by atoms with Crippen LogP contribution in [0.1, 0.15) is 12.7 Å². The number of rotatable bonds is 4. The lowest BCUT2D eigenvalue weighted by molar-refractivity contribution is 0.484. The first-order valence-electron chi connectivity index (χ1n) is 5.26. The molecule has 2 aromatic rings. The first kappa shape index (κ1) is 12.5. The van der Waals surface area contributed by atoms with Crippen LogP contribution in [0.3, 0.4) is 0 Å². The Morgan fingerprint density at radius 3 is 2.78 bits per heavy atom. The van der Waals surface area contributed by atoms with Crippen molar-refractivity contribution < 1.29 is 13.2 Å². The highest BCUT2D eigenvalue weighted by atomic mass is 19.2. The van der Waals surface area contributed by atoms with Crippen LogP contribution in [0.4, 0.5) is 13.2 Å². The van der Waals surface area contributed by atoms with E-state index >= 15 is 0 Å². The third-order valence-corrected chi connectivity index (χ3v) is 2.27. The fourth-order valence-electron chi connectivity index (χ4n) is 1.44. The minimum atomic E-state index is -1.28. The van der Waals surface area contributed by atoms with Gasteiger partial charge in [0.25, 0.3) is 0 Å². The summed E-state index contributed by atoms with van der Waals surface area (Å²) in [5.74, 6) is -3.11. The van der Waals surface area contributed by atoms with E-state index in [1.54, 1.807) is 0 Å². The van der Waals surface area contributed by atoms with Gasteiger partial charge in [-0.3, -0.25) is 0 Å². The highest BCUT2D eigenvalue weighted by Crippen LogP contribution is 2.18. The van der Waals surface area contributed by atoms with Crippen LogP contribution < -0.4 is 5.32 Å². The molecule has 1 aromatic heterocycles. The van der Waals surface area contributed by atoms with Gasteiger partial charge in [0.05, 0.1) is 6.54 Å². The predicted molar refractivity (Wildman–Crippen MR) is 56.4 cm³/mol. The van der Waals surface area contributed by atoms with Gasteiger partial charge < -0.3 is 5.32 Å². The van der Waals surface area contributed by atoms with Gasteiger partial charge in [-0.25, -0.2) is 13.2 Å². The monoisotopic (exact) mass is 257 g/mol. The number of aromatic nitrogens is 4. The van der Waals surface area contributed by atoms with Crippen LogP contribution in [0.5, 0.6) is 0 Å². The van der Waals surface area contributed by atoms with Crippen molar-refractivity contribution in [2.24, 2.45) is 0 Å². The standard InChI is InChI=1S/C10H10F3N5/c1-2-14-5-9-15-16-17-18(9)8-4-6(11)3-7(12)10(8)13/h3-4,14H,2,5H2,1H3. The van der Waals surface area contributed by atoms with Gasteiger partial charge in [-0.05, 0) is 17.0 Å². The molecule has 0 radical (unpaired) electrons. The Hall–Kier alpha value is -1.96. The molecule has 0 saturated carbocycles. The van der Waals surface area contributed by atoms with E-state index in [2.05, 4.69) is 20.8 Å². The number of halogens is 3. The molecule has 0 saturated heterocycles. The molecule has 0 fully saturated rings. The van der Waals surface area contributed by atoms with Gasteiger partial charge >= 0.3 is 0 Å². The van der Waals surface area contributed by atoms with Crippen molar-refractivity contribution in [1.29, 1.82) is 0 Å². The van der Waals surface area contributed by atoms with Crippen LogP contribution in [0.2, 0.25) is 0 Å². The van der Waals surface area contributed by atoms with Gasteiger partial charge in [0, 0.05) is 12.1 Å². The van der Waals surface area contributed by atoms with E-state index < -0.39 is 17.5 Å². The summed E-state index contributed by atoms with van der Waals surface area (Å²) in [6.45, 7) is 2.80. The lowest BCUT2D eigenvalue weighted by Crippen LogP contribution is -2.17. The topological polar surface area (TPSA) is 55.6 Å². The first-order chi connectivity index (χ1) is 8.63. The number of nitrogens with one attached hydrogen (secondary N) is 1. The molecule has 5 nitrogen and oxygen atoms in total. The highest BCUT2D eigenvalue weighted by molar-refractivity contribution is 5.34. The summed E-state index contributed by atoms with van der Waals surface area (Å²) in [6.07, 6.45) is 0. The van der Waals surface area contributed by atoms with Gasteiger partial charge in [0.15, 0.2) is 17.5 Å². The van der Waals surface area contributed by atoms with Crippen molar-refractivity contribution in [3.8, 4) is 5.69 Å². The van der Waals surface area contributed by atoms with E-state index in [1.807, 2.05) is 6.92 Å². The number of nitrogens with zero attached hydrogens (tertiary/aromatic N) is 4. The van der Waals surface area contributed by atoms with Gasteiger partial charge in [-0.1, -0.05) is 6.92 Å². The summed E-state index contributed by atoms with van der Waals surface area (Å²) in [7, 11) is 0. The molecule has 0 atom stereocenters. The van der Waals surface area contributed by atoms with Crippen molar-refractivity contribution in [1.82, 2.24) is 25.5 Å². The molecular formula is C10H10F3N5. The average Bonchev–Trinajstić information content (AvgIpc) is 2.79. The maximum Gasteiger partial charge on any atom is 0.184 e. The normalized spacial score (nSPS) is 10.9. The van der Waals surface area contributed by atoms with E-state index in [4.69, 9.17) is 0 Å². The number of hydrogen-bond donors (Lipinski definition) is 1. The van der Waals surface area contributed by atoms with Crippen LogP contribution in [0.15, 0.2) is 12.1 Å². The molecule has 96 valence electrons. The summed E-state index contributed by atoms with van der Waals surface area (Å²) >= 11 is 0. The molecule has 1 heterocycles. The average molecular weight is 257 g/mol. The van der Waals surface area contributed by atoms with Gasteiger partial charge in [-0.15, -0.1) is 5.10 Å². The van der Waals surface area contributed by atoms with E-state index in [0.717, 1.165) is 10.7 Å². The Labute approximate surface area is 101 Å². The van der Waals surface area contributed by atoms with Crippen molar-refractivity contribution in [2.45, 2.75) is 13.5 Å². The highest BCUT2D eigenvalue weighted by Gasteiger charge is 2.17. The van der Waals surface area contributed by atoms with E-state index in [1.165, 1.54) is 0 Å². The molecule has 0 aliphatic rings. The molecule has 0 aliphatic carbocycles. The van der Waals surface area contributed by atoms with Crippen molar-refractivity contribution in [3.05, 3.63) is 35.4 Å². The number of tetrazole rings is 1. The molecule has 0 aliphatic heterocycles. The quantitative estimate of drug-likeness (QED) is 0.836. The SMILES string of the molecule is CCNCc1nnnn1-c1cc(F)cc(F)c1F. The van der Waals surface area contributed by atoms with Crippen molar-refractivity contribution in [2.75, 3.05) is 6.54 Å². The fourth-order valence-corrected chi connectivity index (χ4v) is 1.44. The predicted octanol–water partition coefficient (Wildman–Crippen LogP) is 1.19. The zero-order valence-corrected chi connectivity index (χ0v) is 9.49. The molecule has 1 aromatic carbocycles. The Morgan fingerprint density at radius 1 is 1.28 bits per heavy atom. The molecule has 0 spiro atoms. The number of hydrogen-bond acceptors (Lipinski definition) is 4.